The highest BCUT2D eigenvalue weighted by atomic mass is 16.5. The number of benzene rings is 2. The van der Waals surface area contributed by atoms with Crippen molar-refractivity contribution in [1.82, 2.24) is 0 Å². The number of carbonyl (C=O) groups excluding carboxylic acids is 2. The van der Waals surface area contributed by atoms with Gasteiger partial charge in [0, 0.05) is 19.1 Å². The van der Waals surface area contributed by atoms with E-state index in [-0.39, 0.29) is 29.3 Å². The van der Waals surface area contributed by atoms with Gasteiger partial charge in [-0.1, -0.05) is 17.7 Å². The Balaban J connectivity index is 1.82. The van der Waals surface area contributed by atoms with Crippen molar-refractivity contribution in [2.75, 3.05) is 6.61 Å². The van der Waals surface area contributed by atoms with E-state index in [1.807, 2.05) is 19.9 Å². The lowest BCUT2D eigenvalue weighted by atomic mass is 9.95. The minimum atomic E-state index is -0.501. The number of phenols is 1. The minimum Gasteiger partial charge on any atom is -0.507 e. The van der Waals surface area contributed by atoms with E-state index in [0.717, 1.165) is 11.1 Å². The molecule has 146 valence electrons. The molecule has 0 aliphatic carbocycles. The summed E-state index contributed by atoms with van der Waals surface area (Å²) in [6, 6.07) is 9.83. The van der Waals surface area contributed by atoms with Crippen LogP contribution in [0, 0.1) is 0 Å². The maximum absolute atomic E-state index is 12.6. The third-order valence-electron chi connectivity index (χ3n) is 4.23. The van der Waals surface area contributed by atoms with Crippen molar-refractivity contribution >= 4 is 11.8 Å². The number of fused-ring (bicyclic) bond motifs is 1. The number of phenolic OH excluding ortho intramolecular Hbond substituents is 1. The first kappa shape index (κ1) is 19.5. The van der Waals surface area contributed by atoms with Crippen LogP contribution >= 0.6 is 0 Å². The summed E-state index contributed by atoms with van der Waals surface area (Å²) in [5.74, 6) is 0.375. The third kappa shape index (κ3) is 4.52. The van der Waals surface area contributed by atoms with Gasteiger partial charge in [-0.25, -0.2) is 0 Å². The van der Waals surface area contributed by atoms with Crippen molar-refractivity contribution in [2.45, 2.75) is 33.3 Å². The third-order valence-corrected chi connectivity index (χ3v) is 4.23. The van der Waals surface area contributed by atoms with E-state index >= 15 is 0 Å². The molecule has 0 saturated heterocycles. The lowest BCUT2D eigenvalue weighted by molar-refractivity contribution is -0.131. The van der Waals surface area contributed by atoms with Crippen LogP contribution in [-0.2, 0) is 4.79 Å². The summed E-state index contributed by atoms with van der Waals surface area (Å²) < 4.78 is 16.6. The highest BCUT2D eigenvalue weighted by molar-refractivity contribution is 6.02. The van der Waals surface area contributed by atoms with Crippen molar-refractivity contribution < 1.29 is 28.9 Å². The largest absolute Gasteiger partial charge is 0.507 e. The highest BCUT2D eigenvalue weighted by Gasteiger charge is 2.31. The van der Waals surface area contributed by atoms with Crippen LogP contribution in [0.25, 0.3) is 0 Å². The van der Waals surface area contributed by atoms with E-state index in [1.165, 1.54) is 13.0 Å². The predicted octanol–water partition coefficient (Wildman–Crippen LogP) is 4.37. The number of esters is 1. The zero-order chi connectivity index (χ0) is 20.3. The lowest BCUT2D eigenvalue weighted by Gasteiger charge is -2.26. The van der Waals surface area contributed by atoms with Gasteiger partial charge in [-0.3, -0.25) is 9.59 Å². The van der Waals surface area contributed by atoms with Crippen LogP contribution in [0.4, 0.5) is 0 Å². The molecular formula is C22H22O6. The monoisotopic (exact) mass is 382 g/mol. The SMILES string of the molecule is CC(=O)Oc1ccc(C2CC(=O)c3c(O)cc(OCC=C(C)C)cc3O2)cc1. The van der Waals surface area contributed by atoms with Crippen LogP contribution < -0.4 is 14.2 Å². The van der Waals surface area contributed by atoms with E-state index < -0.39 is 12.1 Å². The second-order valence-corrected chi connectivity index (χ2v) is 6.80. The maximum Gasteiger partial charge on any atom is 0.308 e. The molecular weight excluding hydrogens is 360 g/mol. The number of carbonyl (C=O) groups is 2. The van der Waals surface area contributed by atoms with Gasteiger partial charge in [0.2, 0.25) is 0 Å². The first-order valence-electron chi connectivity index (χ1n) is 8.95. The van der Waals surface area contributed by atoms with E-state index in [1.54, 1.807) is 30.3 Å². The number of allylic oxidation sites excluding steroid dienone is 1. The molecule has 6 nitrogen and oxygen atoms in total. The number of hydrogen-bond donors (Lipinski definition) is 1. The Hall–Kier alpha value is -3.28. The summed E-state index contributed by atoms with van der Waals surface area (Å²) in [4.78, 5) is 23.6. The Bertz CT molecular complexity index is 923. The molecule has 1 aliphatic rings. The zero-order valence-electron chi connectivity index (χ0n) is 16.0. The topological polar surface area (TPSA) is 82.1 Å². The van der Waals surface area contributed by atoms with E-state index in [4.69, 9.17) is 14.2 Å². The summed E-state index contributed by atoms with van der Waals surface area (Å²) >= 11 is 0. The van der Waals surface area contributed by atoms with Gasteiger partial charge in [0.1, 0.15) is 41.3 Å². The lowest BCUT2D eigenvalue weighted by Crippen LogP contribution is -2.20. The molecule has 28 heavy (non-hydrogen) atoms. The van der Waals surface area contributed by atoms with Gasteiger partial charge in [0.15, 0.2) is 5.78 Å². The molecule has 0 saturated carbocycles. The number of rotatable bonds is 5. The Labute approximate surface area is 163 Å². The second kappa shape index (κ2) is 8.17. The molecule has 0 radical (unpaired) electrons. The number of hydrogen-bond acceptors (Lipinski definition) is 6. The molecule has 6 heteroatoms. The van der Waals surface area contributed by atoms with Gasteiger partial charge < -0.3 is 19.3 Å². The first-order valence-corrected chi connectivity index (χ1v) is 8.95. The number of Topliss-reactive ketones (excluding diaryl/α,β-unsaturated/α-hetero) is 1. The Kier molecular flexibility index (Phi) is 5.68. The molecule has 0 fully saturated rings. The summed E-state index contributed by atoms with van der Waals surface area (Å²) in [5.41, 5.74) is 2.05. The molecule has 1 unspecified atom stereocenters. The average molecular weight is 382 g/mol. The molecule has 2 aromatic carbocycles. The van der Waals surface area contributed by atoms with E-state index in [0.29, 0.717) is 18.1 Å². The molecule has 1 N–H and O–H groups in total. The fraction of sp³-hybridized carbons (Fsp3) is 0.273. The van der Waals surface area contributed by atoms with Gasteiger partial charge in [-0.05, 0) is 37.6 Å². The van der Waals surface area contributed by atoms with E-state index in [9.17, 15) is 14.7 Å². The highest BCUT2D eigenvalue weighted by Crippen LogP contribution is 2.42. The average Bonchev–Trinajstić information content (AvgIpc) is 2.60. The summed E-state index contributed by atoms with van der Waals surface area (Å²) in [7, 11) is 0. The fourth-order valence-electron chi connectivity index (χ4n) is 2.91. The summed E-state index contributed by atoms with van der Waals surface area (Å²) in [6.07, 6.45) is 1.51. The summed E-state index contributed by atoms with van der Waals surface area (Å²) in [6.45, 7) is 5.62. The predicted molar refractivity (Wildman–Crippen MR) is 103 cm³/mol. The van der Waals surface area contributed by atoms with Crippen LogP contribution in [0.3, 0.4) is 0 Å². The molecule has 1 aliphatic heterocycles. The molecule has 0 amide bonds. The number of aromatic hydroxyl groups is 1. The van der Waals surface area contributed by atoms with Gasteiger partial charge in [-0.2, -0.15) is 0 Å². The van der Waals surface area contributed by atoms with Crippen molar-refractivity contribution in [3.05, 3.63) is 59.2 Å². The van der Waals surface area contributed by atoms with E-state index in [2.05, 4.69) is 0 Å². The Morgan fingerprint density at radius 3 is 2.54 bits per heavy atom. The van der Waals surface area contributed by atoms with Crippen LogP contribution in [0.15, 0.2) is 48.0 Å². The molecule has 0 spiro atoms. The van der Waals surface area contributed by atoms with Crippen molar-refractivity contribution in [3.8, 4) is 23.0 Å². The Morgan fingerprint density at radius 1 is 1.18 bits per heavy atom. The smallest absolute Gasteiger partial charge is 0.308 e. The maximum atomic E-state index is 12.6. The van der Waals surface area contributed by atoms with Crippen LogP contribution in [0.1, 0.15) is 49.2 Å². The van der Waals surface area contributed by atoms with Crippen LogP contribution in [0.5, 0.6) is 23.0 Å². The van der Waals surface area contributed by atoms with Crippen LogP contribution in [0.2, 0.25) is 0 Å². The molecule has 2 aromatic rings. The molecule has 1 atom stereocenters. The van der Waals surface area contributed by atoms with Crippen LogP contribution in [-0.4, -0.2) is 23.5 Å². The number of ether oxygens (including phenoxy) is 3. The summed E-state index contributed by atoms with van der Waals surface area (Å²) in [5, 5.41) is 10.2. The minimum absolute atomic E-state index is 0.103. The normalized spacial score (nSPS) is 15.2. The quantitative estimate of drug-likeness (QED) is 0.470. The first-order chi connectivity index (χ1) is 13.3. The zero-order valence-corrected chi connectivity index (χ0v) is 16.0. The fourth-order valence-corrected chi connectivity index (χ4v) is 2.91. The van der Waals surface area contributed by atoms with Gasteiger partial charge in [0.05, 0.1) is 6.42 Å². The van der Waals surface area contributed by atoms with Crippen molar-refractivity contribution in [2.24, 2.45) is 0 Å². The van der Waals surface area contributed by atoms with Crippen molar-refractivity contribution in [1.29, 1.82) is 0 Å². The standard InChI is InChI=1S/C22H22O6/c1-13(2)8-9-26-17-10-18(24)22-19(25)12-20(28-21(22)11-17)15-4-6-16(7-5-15)27-14(3)23/h4-8,10-11,20,24H,9,12H2,1-3H3. The molecule has 3 rings (SSSR count). The van der Waals surface area contributed by atoms with Crippen molar-refractivity contribution in [3.63, 3.8) is 0 Å². The molecule has 1 heterocycles. The molecule has 0 aromatic heterocycles. The van der Waals surface area contributed by atoms with Gasteiger partial charge >= 0.3 is 5.97 Å². The Morgan fingerprint density at radius 2 is 1.89 bits per heavy atom. The number of ketones is 1. The van der Waals surface area contributed by atoms with Gasteiger partial charge in [0.25, 0.3) is 0 Å². The molecule has 0 bridgehead atoms. The van der Waals surface area contributed by atoms with Gasteiger partial charge in [-0.15, -0.1) is 0 Å². The second-order valence-electron chi connectivity index (χ2n) is 6.80.